The van der Waals surface area contributed by atoms with Crippen LogP contribution >= 0.6 is 12.6 Å². The van der Waals surface area contributed by atoms with Gasteiger partial charge in [0.2, 0.25) is 0 Å². The highest BCUT2D eigenvalue weighted by atomic mass is 32.1. The van der Waals surface area contributed by atoms with Crippen LogP contribution in [-0.2, 0) is 6.54 Å². The summed E-state index contributed by atoms with van der Waals surface area (Å²) < 4.78 is 1.91. The number of aromatic nitrogens is 2. The summed E-state index contributed by atoms with van der Waals surface area (Å²) in [6, 6.07) is 1.93. The van der Waals surface area contributed by atoms with E-state index >= 15 is 0 Å². The highest BCUT2D eigenvalue weighted by molar-refractivity contribution is 7.80. The minimum Gasteiger partial charge on any atom is -0.273 e. The molecule has 3 heteroatoms. The molecule has 0 saturated heterocycles. The molecule has 1 aromatic rings. The standard InChI is InChI=1S/C6H10N2S/c9-6-2-5-8-4-1-3-7-8/h1,3-4,9H,2,5-6H2. The summed E-state index contributed by atoms with van der Waals surface area (Å²) >= 11 is 4.09. The van der Waals surface area contributed by atoms with Gasteiger partial charge < -0.3 is 0 Å². The van der Waals surface area contributed by atoms with E-state index < -0.39 is 0 Å². The Bertz CT molecular complexity index is 148. The summed E-state index contributed by atoms with van der Waals surface area (Å²) in [5.74, 6) is 0.930. The van der Waals surface area contributed by atoms with Crippen LogP contribution in [0.4, 0.5) is 0 Å². The first-order valence-electron chi connectivity index (χ1n) is 3.02. The highest BCUT2D eigenvalue weighted by Gasteiger charge is 1.85. The third-order valence-corrected chi connectivity index (χ3v) is 1.42. The maximum atomic E-state index is 4.09. The van der Waals surface area contributed by atoms with Gasteiger partial charge in [-0.2, -0.15) is 17.7 Å². The van der Waals surface area contributed by atoms with Gasteiger partial charge in [-0.05, 0) is 18.2 Å². The van der Waals surface area contributed by atoms with Crippen molar-refractivity contribution in [1.82, 2.24) is 9.78 Å². The molecule has 0 saturated carbocycles. The zero-order chi connectivity index (χ0) is 6.53. The summed E-state index contributed by atoms with van der Waals surface area (Å²) in [6.45, 7) is 0.983. The third kappa shape index (κ3) is 2.10. The van der Waals surface area contributed by atoms with E-state index in [0.29, 0.717) is 0 Å². The fraction of sp³-hybridized carbons (Fsp3) is 0.500. The van der Waals surface area contributed by atoms with Crippen LogP contribution in [0.5, 0.6) is 0 Å². The van der Waals surface area contributed by atoms with Gasteiger partial charge in [-0.15, -0.1) is 0 Å². The molecule has 0 N–H and O–H groups in total. The molecule has 0 amide bonds. The lowest BCUT2D eigenvalue weighted by Gasteiger charge is -1.95. The molecule has 0 bridgehead atoms. The summed E-state index contributed by atoms with van der Waals surface area (Å²) in [5, 5.41) is 4.04. The van der Waals surface area contributed by atoms with Crippen molar-refractivity contribution in [3.63, 3.8) is 0 Å². The Morgan fingerprint density at radius 2 is 2.44 bits per heavy atom. The SMILES string of the molecule is SCCCn1cccn1. The molecule has 0 radical (unpaired) electrons. The van der Waals surface area contributed by atoms with Crippen molar-refractivity contribution in [3.8, 4) is 0 Å². The Labute approximate surface area is 60.3 Å². The molecule has 0 aromatic carbocycles. The van der Waals surface area contributed by atoms with Gasteiger partial charge in [-0.25, -0.2) is 0 Å². The second-order valence-electron chi connectivity index (χ2n) is 1.85. The number of hydrogen-bond donors (Lipinski definition) is 1. The lowest BCUT2D eigenvalue weighted by atomic mass is 10.5. The molecular weight excluding hydrogens is 132 g/mol. The maximum absolute atomic E-state index is 4.09. The minimum atomic E-state index is 0.930. The first kappa shape index (κ1) is 6.68. The lowest BCUT2D eigenvalue weighted by Crippen LogP contribution is -1.97. The van der Waals surface area contributed by atoms with Crippen molar-refractivity contribution < 1.29 is 0 Å². The van der Waals surface area contributed by atoms with E-state index in [4.69, 9.17) is 0 Å². The van der Waals surface area contributed by atoms with E-state index in [1.807, 2.05) is 16.9 Å². The van der Waals surface area contributed by atoms with Crippen molar-refractivity contribution in [2.24, 2.45) is 0 Å². The van der Waals surface area contributed by atoms with Crippen LogP contribution in [0.2, 0.25) is 0 Å². The number of aryl methyl sites for hydroxylation is 1. The Balaban J connectivity index is 2.30. The fourth-order valence-corrected chi connectivity index (χ4v) is 0.807. The molecule has 1 rings (SSSR count). The molecule has 0 atom stereocenters. The van der Waals surface area contributed by atoms with Crippen molar-refractivity contribution in [3.05, 3.63) is 18.5 Å². The Hall–Kier alpha value is -0.440. The molecule has 0 unspecified atom stereocenters. The minimum absolute atomic E-state index is 0.930. The van der Waals surface area contributed by atoms with Crippen LogP contribution in [0.1, 0.15) is 6.42 Å². The quantitative estimate of drug-likeness (QED) is 0.628. The first-order valence-corrected chi connectivity index (χ1v) is 3.65. The number of nitrogens with zero attached hydrogens (tertiary/aromatic N) is 2. The Morgan fingerprint density at radius 3 is 3.00 bits per heavy atom. The zero-order valence-electron chi connectivity index (χ0n) is 5.20. The van der Waals surface area contributed by atoms with Gasteiger partial charge >= 0.3 is 0 Å². The Kier molecular flexibility index (Phi) is 2.64. The topological polar surface area (TPSA) is 17.8 Å². The molecule has 0 spiro atoms. The van der Waals surface area contributed by atoms with Gasteiger partial charge in [0.25, 0.3) is 0 Å². The second kappa shape index (κ2) is 3.56. The van der Waals surface area contributed by atoms with E-state index in [1.165, 1.54) is 0 Å². The van der Waals surface area contributed by atoms with Gasteiger partial charge in [0.1, 0.15) is 0 Å². The fourth-order valence-electron chi connectivity index (χ4n) is 0.665. The van der Waals surface area contributed by atoms with Gasteiger partial charge in [-0.1, -0.05) is 0 Å². The molecule has 0 aliphatic carbocycles. The molecular formula is C6H10N2S. The van der Waals surface area contributed by atoms with Crippen molar-refractivity contribution >= 4 is 12.6 Å². The number of hydrogen-bond acceptors (Lipinski definition) is 2. The van der Waals surface area contributed by atoms with E-state index in [-0.39, 0.29) is 0 Å². The van der Waals surface area contributed by atoms with Crippen LogP contribution < -0.4 is 0 Å². The van der Waals surface area contributed by atoms with E-state index in [1.54, 1.807) is 6.20 Å². The van der Waals surface area contributed by atoms with Gasteiger partial charge in [0.15, 0.2) is 0 Å². The van der Waals surface area contributed by atoms with Crippen molar-refractivity contribution in [2.45, 2.75) is 13.0 Å². The van der Waals surface area contributed by atoms with Crippen LogP contribution in [-0.4, -0.2) is 15.5 Å². The van der Waals surface area contributed by atoms with Crippen LogP contribution in [0.25, 0.3) is 0 Å². The number of thiol groups is 1. The van der Waals surface area contributed by atoms with Crippen LogP contribution in [0.15, 0.2) is 18.5 Å². The van der Waals surface area contributed by atoms with E-state index in [0.717, 1.165) is 18.7 Å². The molecule has 0 aliphatic rings. The average molecular weight is 142 g/mol. The summed E-state index contributed by atoms with van der Waals surface area (Å²) in [4.78, 5) is 0. The van der Waals surface area contributed by atoms with Gasteiger partial charge in [0.05, 0.1) is 0 Å². The van der Waals surface area contributed by atoms with E-state index in [9.17, 15) is 0 Å². The molecule has 9 heavy (non-hydrogen) atoms. The molecule has 1 heterocycles. The Morgan fingerprint density at radius 1 is 1.56 bits per heavy atom. The largest absolute Gasteiger partial charge is 0.273 e. The third-order valence-electron chi connectivity index (χ3n) is 1.10. The van der Waals surface area contributed by atoms with Gasteiger partial charge in [0, 0.05) is 18.9 Å². The number of rotatable bonds is 3. The smallest absolute Gasteiger partial charge is 0.0489 e. The van der Waals surface area contributed by atoms with Gasteiger partial charge in [-0.3, -0.25) is 4.68 Å². The highest BCUT2D eigenvalue weighted by Crippen LogP contribution is 1.89. The first-order chi connectivity index (χ1) is 4.43. The monoisotopic (exact) mass is 142 g/mol. The second-order valence-corrected chi connectivity index (χ2v) is 2.29. The maximum Gasteiger partial charge on any atom is 0.0489 e. The normalized spacial score (nSPS) is 9.89. The average Bonchev–Trinajstić information content (AvgIpc) is 2.34. The van der Waals surface area contributed by atoms with Crippen LogP contribution in [0.3, 0.4) is 0 Å². The molecule has 0 fully saturated rings. The molecule has 0 aliphatic heterocycles. The van der Waals surface area contributed by atoms with Crippen molar-refractivity contribution in [1.29, 1.82) is 0 Å². The van der Waals surface area contributed by atoms with Crippen molar-refractivity contribution in [2.75, 3.05) is 5.75 Å². The summed E-state index contributed by atoms with van der Waals surface area (Å²) in [6.07, 6.45) is 4.84. The molecule has 1 aromatic heterocycles. The lowest BCUT2D eigenvalue weighted by molar-refractivity contribution is 0.607. The predicted octanol–water partition coefficient (Wildman–Crippen LogP) is 1.20. The molecule has 50 valence electrons. The van der Waals surface area contributed by atoms with E-state index in [2.05, 4.69) is 17.7 Å². The summed E-state index contributed by atoms with van der Waals surface area (Å²) in [7, 11) is 0. The zero-order valence-corrected chi connectivity index (χ0v) is 6.09. The van der Waals surface area contributed by atoms with Crippen LogP contribution in [0, 0.1) is 0 Å². The predicted molar refractivity (Wildman–Crippen MR) is 40.7 cm³/mol. The summed E-state index contributed by atoms with van der Waals surface area (Å²) in [5.41, 5.74) is 0. The molecule has 2 nitrogen and oxygen atoms in total.